The zero-order chi connectivity index (χ0) is 14.8. The van der Waals surface area contributed by atoms with Gasteiger partial charge in [-0.25, -0.2) is 4.98 Å². The van der Waals surface area contributed by atoms with Crippen molar-refractivity contribution in [3.05, 3.63) is 11.9 Å². The van der Waals surface area contributed by atoms with Gasteiger partial charge in [0.1, 0.15) is 11.6 Å². The predicted octanol–water partition coefficient (Wildman–Crippen LogP) is 2.24. The Bertz CT molecular complexity index is 506. The van der Waals surface area contributed by atoms with E-state index in [1.807, 2.05) is 6.92 Å². The fraction of sp³-hybridized carbons (Fsp3) is 0.643. The summed E-state index contributed by atoms with van der Waals surface area (Å²) in [7, 11) is 0. The molecule has 1 fully saturated rings. The smallest absolute Gasteiger partial charge is 0.311 e. The number of nitrogens with one attached hydrogen (secondary N) is 1. The quantitative estimate of drug-likeness (QED) is 0.860. The van der Waals surface area contributed by atoms with Gasteiger partial charge in [0, 0.05) is 12.1 Å². The van der Waals surface area contributed by atoms with Gasteiger partial charge in [-0.15, -0.1) is 0 Å². The second-order valence-corrected chi connectivity index (χ2v) is 5.38. The van der Waals surface area contributed by atoms with Crippen molar-refractivity contribution >= 4 is 11.8 Å². The Morgan fingerprint density at radius 1 is 1.60 bits per heavy atom. The minimum absolute atomic E-state index is 0.122. The van der Waals surface area contributed by atoms with Crippen molar-refractivity contribution in [1.82, 2.24) is 9.97 Å². The van der Waals surface area contributed by atoms with E-state index in [9.17, 15) is 9.90 Å². The van der Waals surface area contributed by atoms with Crippen LogP contribution < -0.4 is 10.1 Å². The first-order valence-electron chi connectivity index (χ1n) is 6.94. The maximum atomic E-state index is 11.5. The van der Waals surface area contributed by atoms with Crippen LogP contribution >= 0.6 is 0 Å². The van der Waals surface area contributed by atoms with Crippen LogP contribution in [0.1, 0.15) is 38.9 Å². The molecular weight excluding hydrogens is 258 g/mol. The molecule has 0 bridgehead atoms. The first-order valence-corrected chi connectivity index (χ1v) is 6.94. The molecule has 0 saturated heterocycles. The van der Waals surface area contributed by atoms with Crippen molar-refractivity contribution in [2.24, 2.45) is 5.41 Å². The number of carbonyl (C=O) groups is 1. The van der Waals surface area contributed by atoms with E-state index in [2.05, 4.69) is 15.3 Å². The summed E-state index contributed by atoms with van der Waals surface area (Å²) in [6, 6.07) is 1.60. The lowest BCUT2D eigenvalue weighted by molar-refractivity contribution is -0.147. The van der Waals surface area contributed by atoms with Crippen molar-refractivity contribution in [3.63, 3.8) is 0 Å². The van der Waals surface area contributed by atoms with E-state index in [-0.39, 0.29) is 6.04 Å². The van der Waals surface area contributed by atoms with Crippen LogP contribution in [0.4, 0.5) is 5.82 Å². The Hall–Kier alpha value is -1.85. The summed E-state index contributed by atoms with van der Waals surface area (Å²) >= 11 is 0. The lowest BCUT2D eigenvalue weighted by atomic mass is 9.85. The van der Waals surface area contributed by atoms with E-state index >= 15 is 0 Å². The largest absolute Gasteiger partial charge is 0.481 e. The van der Waals surface area contributed by atoms with Gasteiger partial charge in [-0.1, -0.05) is 6.42 Å². The number of hydrogen-bond donors (Lipinski definition) is 2. The average Bonchev–Trinajstić information content (AvgIpc) is 2.72. The molecule has 0 radical (unpaired) electrons. The van der Waals surface area contributed by atoms with E-state index in [0.717, 1.165) is 12.8 Å². The number of carboxylic acid groups (broad SMARTS) is 1. The highest BCUT2D eigenvalue weighted by atomic mass is 16.5. The molecule has 2 N–H and O–H groups in total. The third-order valence-corrected chi connectivity index (χ3v) is 3.88. The summed E-state index contributed by atoms with van der Waals surface area (Å²) in [6.45, 7) is 6.01. The Labute approximate surface area is 118 Å². The van der Waals surface area contributed by atoms with Crippen molar-refractivity contribution in [1.29, 1.82) is 0 Å². The minimum Gasteiger partial charge on any atom is -0.481 e. The SMILES string of the molecule is CCOc1cc(NC2CCCC2(C)C(=O)O)nc(C)n1. The topological polar surface area (TPSA) is 84.3 Å². The second-order valence-electron chi connectivity index (χ2n) is 5.38. The number of aryl methyl sites for hydroxylation is 1. The number of ether oxygens (including phenoxy) is 1. The molecule has 1 saturated carbocycles. The highest BCUT2D eigenvalue weighted by Crippen LogP contribution is 2.39. The third kappa shape index (κ3) is 2.84. The van der Waals surface area contributed by atoms with Crippen LogP contribution in [0.25, 0.3) is 0 Å². The Balaban J connectivity index is 2.19. The van der Waals surface area contributed by atoms with Crippen LogP contribution in [-0.2, 0) is 4.79 Å². The number of rotatable bonds is 5. The molecule has 6 nitrogen and oxygen atoms in total. The van der Waals surface area contributed by atoms with Crippen LogP contribution in [-0.4, -0.2) is 33.7 Å². The Morgan fingerprint density at radius 2 is 2.35 bits per heavy atom. The highest BCUT2D eigenvalue weighted by molar-refractivity contribution is 5.76. The number of carboxylic acids is 1. The van der Waals surface area contributed by atoms with Gasteiger partial charge in [0.25, 0.3) is 0 Å². The summed E-state index contributed by atoms with van der Waals surface area (Å²) in [6.07, 6.45) is 2.42. The Morgan fingerprint density at radius 3 is 3.00 bits per heavy atom. The molecule has 0 amide bonds. The summed E-state index contributed by atoms with van der Waals surface area (Å²) in [5.74, 6) is 0.981. The summed E-state index contributed by atoms with van der Waals surface area (Å²) in [5.41, 5.74) is -0.745. The van der Waals surface area contributed by atoms with Gasteiger partial charge in [0.2, 0.25) is 5.88 Å². The van der Waals surface area contributed by atoms with Gasteiger partial charge in [-0.3, -0.25) is 4.79 Å². The van der Waals surface area contributed by atoms with Crippen LogP contribution in [0.15, 0.2) is 6.07 Å². The summed E-state index contributed by atoms with van der Waals surface area (Å²) in [4.78, 5) is 20.0. The molecule has 0 aromatic carbocycles. The maximum absolute atomic E-state index is 11.5. The van der Waals surface area contributed by atoms with Gasteiger partial charge in [0.05, 0.1) is 12.0 Å². The molecule has 1 aromatic rings. The summed E-state index contributed by atoms with van der Waals surface area (Å²) < 4.78 is 5.38. The minimum atomic E-state index is -0.761. The molecule has 1 aromatic heterocycles. The van der Waals surface area contributed by atoms with E-state index < -0.39 is 11.4 Å². The zero-order valence-corrected chi connectivity index (χ0v) is 12.1. The molecule has 2 atom stereocenters. The van der Waals surface area contributed by atoms with E-state index in [1.165, 1.54) is 0 Å². The number of aliphatic carboxylic acids is 1. The third-order valence-electron chi connectivity index (χ3n) is 3.88. The molecule has 110 valence electrons. The number of anilines is 1. The van der Waals surface area contributed by atoms with Gasteiger partial charge >= 0.3 is 5.97 Å². The van der Waals surface area contributed by atoms with Crippen molar-refractivity contribution in [2.75, 3.05) is 11.9 Å². The second kappa shape index (κ2) is 5.64. The normalized spacial score (nSPS) is 25.4. The molecule has 0 spiro atoms. The lowest BCUT2D eigenvalue weighted by Crippen LogP contribution is -2.40. The van der Waals surface area contributed by atoms with Crippen LogP contribution in [0, 0.1) is 12.3 Å². The summed E-state index contributed by atoms with van der Waals surface area (Å²) in [5, 5.41) is 12.7. The molecule has 0 aliphatic heterocycles. The zero-order valence-electron chi connectivity index (χ0n) is 12.1. The van der Waals surface area contributed by atoms with Gasteiger partial charge in [-0.05, 0) is 33.6 Å². The van der Waals surface area contributed by atoms with Crippen LogP contribution in [0.5, 0.6) is 5.88 Å². The molecule has 2 rings (SSSR count). The van der Waals surface area contributed by atoms with Crippen LogP contribution in [0.2, 0.25) is 0 Å². The monoisotopic (exact) mass is 279 g/mol. The standard InChI is InChI=1S/C14H21N3O3/c1-4-20-12-8-11(15-9(2)16-12)17-10-6-5-7-14(10,3)13(18)19/h8,10H,4-7H2,1-3H3,(H,18,19)(H,15,16,17). The van der Waals surface area contributed by atoms with Crippen molar-refractivity contribution in [2.45, 2.75) is 46.1 Å². The molecule has 1 heterocycles. The van der Waals surface area contributed by atoms with Crippen molar-refractivity contribution < 1.29 is 14.6 Å². The molecule has 20 heavy (non-hydrogen) atoms. The van der Waals surface area contributed by atoms with Crippen LogP contribution in [0.3, 0.4) is 0 Å². The predicted molar refractivity (Wildman–Crippen MR) is 74.9 cm³/mol. The molecular formula is C14H21N3O3. The molecule has 1 aliphatic carbocycles. The van der Waals surface area contributed by atoms with E-state index in [1.54, 1.807) is 19.9 Å². The fourth-order valence-electron chi connectivity index (χ4n) is 2.67. The van der Waals surface area contributed by atoms with Gasteiger partial charge < -0.3 is 15.2 Å². The van der Waals surface area contributed by atoms with Gasteiger partial charge in [-0.2, -0.15) is 4.98 Å². The number of nitrogens with zero attached hydrogens (tertiary/aromatic N) is 2. The van der Waals surface area contributed by atoms with E-state index in [4.69, 9.17) is 4.74 Å². The molecule has 1 aliphatic rings. The fourth-order valence-corrected chi connectivity index (χ4v) is 2.67. The number of hydrogen-bond acceptors (Lipinski definition) is 5. The molecule has 6 heteroatoms. The number of aromatic nitrogens is 2. The van der Waals surface area contributed by atoms with Gasteiger partial charge in [0.15, 0.2) is 0 Å². The maximum Gasteiger partial charge on any atom is 0.311 e. The first kappa shape index (κ1) is 14.6. The van der Waals surface area contributed by atoms with E-state index in [0.29, 0.717) is 30.5 Å². The Kier molecular flexibility index (Phi) is 4.11. The van der Waals surface area contributed by atoms with Crippen molar-refractivity contribution in [3.8, 4) is 5.88 Å². The highest BCUT2D eigenvalue weighted by Gasteiger charge is 2.45. The lowest BCUT2D eigenvalue weighted by Gasteiger charge is -2.28. The first-order chi connectivity index (χ1) is 9.45. The molecule has 2 unspecified atom stereocenters. The average molecular weight is 279 g/mol.